The zero-order valence-electron chi connectivity index (χ0n) is 11.4. The van der Waals surface area contributed by atoms with Crippen LogP contribution in [0.25, 0.3) is 0 Å². The fourth-order valence-electron chi connectivity index (χ4n) is 2.08. The molecule has 0 spiro atoms. The van der Waals surface area contributed by atoms with Crippen LogP contribution in [0.4, 0.5) is 11.4 Å². The SMILES string of the molecule is Cc1ccccc1C(O)CNc1ccc(Br)cc1[N+](=O)[O-]. The third-order valence-corrected chi connectivity index (χ3v) is 3.68. The van der Waals surface area contributed by atoms with Crippen molar-refractivity contribution < 1.29 is 10.0 Å². The Morgan fingerprint density at radius 3 is 2.71 bits per heavy atom. The molecule has 1 unspecified atom stereocenters. The number of aryl methyl sites for hydroxylation is 1. The van der Waals surface area contributed by atoms with Crippen molar-refractivity contribution >= 4 is 27.3 Å². The number of rotatable bonds is 5. The lowest BCUT2D eigenvalue weighted by Crippen LogP contribution is -2.14. The van der Waals surface area contributed by atoms with Crippen molar-refractivity contribution in [2.24, 2.45) is 0 Å². The number of nitro benzene ring substituents is 1. The van der Waals surface area contributed by atoms with Gasteiger partial charge in [-0.3, -0.25) is 10.1 Å². The number of nitrogens with zero attached hydrogens (tertiary/aromatic N) is 1. The maximum Gasteiger partial charge on any atom is 0.293 e. The van der Waals surface area contributed by atoms with E-state index in [2.05, 4.69) is 21.2 Å². The maximum absolute atomic E-state index is 11.0. The van der Waals surface area contributed by atoms with Crippen LogP contribution in [0.3, 0.4) is 0 Å². The number of hydrogen-bond acceptors (Lipinski definition) is 4. The quantitative estimate of drug-likeness (QED) is 0.634. The molecule has 0 aliphatic heterocycles. The van der Waals surface area contributed by atoms with Gasteiger partial charge in [-0.25, -0.2) is 0 Å². The van der Waals surface area contributed by atoms with Crippen LogP contribution >= 0.6 is 15.9 Å². The maximum atomic E-state index is 11.0. The van der Waals surface area contributed by atoms with E-state index < -0.39 is 11.0 Å². The van der Waals surface area contributed by atoms with Gasteiger partial charge in [0.15, 0.2) is 0 Å². The van der Waals surface area contributed by atoms with Gasteiger partial charge < -0.3 is 10.4 Å². The second-order valence-electron chi connectivity index (χ2n) is 4.67. The van der Waals surface area contributed by atoms with Crippen LogP contribution < -0.4 is 5.32 Å². The fourth-order valence-corrected chi connectivity index (χ4v) is 2.43. The highest BCUT2D eigenvalue weighted by Crippen LogP contribution is 2.28. The molecule has 5 nitrogen and oxygen atoms in total. The van der Waals surface area contributed by atoms with Crippen LogP contribution in [-0.2, 0) is 0 Å². The minimum absolute atomic E-state index is 0.0265. The molecular formula is C15H15BrN2O3. The van der Waals surface area contributed by atoms with Crippen LogP contribution in [0.2, 0.25) is 0 Å². The average Bonchev–Trinajstić information content (AvgIpc) is 2.46. The summed E-state index contributed by atoms with van der Waals surface area (Å²) >= 11 is 3.21. The van der Waals surface area contributed by atoms with Gasteiger partial charge in [0.1, 0.15) is 5.69 Å². The Kier molecular flexibility index (Phi) is 4.93. The van der Waals surface area contributed by atoms with Gasteiger partial charge in [-0.05, 0) is 30.2 Å². The molecule has 110 valence electrons. The first-order valence-corrected chi connectivity index (χ1v) is 7.19. The molecule has 0 heterocycles. The third kappa shape index (κ3) is 3.80. The largest absolute Gasteiger partial charge is 0.387 e. The molecule has 0 radical (unpaired) electrons. The summed E-state index contributed by atoms with van der Waals surface area (Å²) < 4.78 is 0.638. The van der Waals surface area contributed by atoms with E-state index >= 15 is 0 Å². The number of halogens is 1. The normalized spacial score (nSPS) is 12.0. The van der Waals surface area contributed by atoms with E-state index in [1.54, 1.807) is 12.1 Å². The van der Waals surface area contributed by atoms with Crippen molar-refractivity contribution in [2.75, 3.05) is 11.9 Å². The molecule has 0 saturated heterocycles. The topological polar surface area (TPSA) is 75.4 Å². The van der Waals surface area contributed by atoms with E-state index in [0.717, 1.165) is 11.1 Å². The number of nitro groups is 1. The molecule has 6 heteroatoms. The van der Waals surface area contributed by atoms with Gasteiger partial charge in [0.2, 0.25) is 0 Å². The summed E-state index contributed by atoms with van der Waals surface area (Å²) in [4.78, 5) is 10.6. The molecule has 0 amide bonds. The molecule has 0 fully saturated rings. The van der Waals surface area contributed by atoms with E-state index in [-0.39, 0.29) is 12.2 Å². The summed E-state index contributed by atoms with van der Waals surface area (Å²) in [7, 11) is 0. The second-order valence-corrected chi connectivity index (χ2v) is 5.59. The van der Waals surface area contributed by atoms with Crippen molar-refractivity contribution in [3.05, 3.63) is 68.2 Å². The Hall–Kier alpha value is -1.92. The Balaban J connectivity index is 2.13. The van der Waals surface area contributed by atoms with E-state index in [1.807, 2.05) is 31.2 Å². The number of benzene rings is 2. The zero-order chi connectivity index (χ0) is 15.4. The number of anilines is 1. The summed E-state index contributed by atoms with van der Waals surface area (Å²) in [5.41, 5.74) is 2.15. The monoisotopic (exact) mass is 350 g/mol. The Labute approximate surface area is 130 Å². The predicted octanol–water partition coefficient (Wildman–Crippen LogP) is 3.81. The highest BCUT2D eigenvalue weighted by atomic mass is 79.9. The van der Waals surface area contributed by atoms with E-state index in [9.17, 15) is 15.2 Å². The van der Waals surface area contributed by atoms with E-state index in [0.29, 0.717) is 10.2 Å². The molecule has 2 aromatic rings. The van der Waals surface area contributed by atoms with Gasteiger partial charge in [0, 0.05) is 17.1 Å². The lowest BCUT2D eigenvalue weighted by Gasteiger charge is -2.15. The number of aliphatic hydroxyl groups is 1. The van der Waals surface area contributed by atoms with Crippen molar-refractivity contribution in [3.63, 3.8) is 0 Å². The molecule has 0 bridgehead atoms. The lowest BCUT2D eigenvalue weighted by molar-refractivity contribution is -0.384. The second kappa shape index (κ2) is 6.69. The van der Waals surface area contributed by atoms with Crippen LogP contribution in [0.15, 0.2) is 46.9 Å². The first-order valence-electron chi connectivity index (χ1n) is 6.40. The van der Waals surface area contributed by atoms with Gasteiger partial charge in [-0.15, -0.1) is 0 Å². The minimum atomic E-state index is -0.727. The van der Waals surface area contributed by atoms with Crippen molar-refractivity contribution in [2.45, 2.75) is 13.0 Å². The third-order valence-electron chi connectivity index (χ3n) is 3.19. The predicted molar refractivity (Wildman–Crippen MR) is 85.4 cm³/mol. The van der Waals surface area contributed by atoms with Gasteiger partial charge in [-0.2, -0.15) is 0 Å². The molecule has 2 rings (SSSR count). The molecule has 1 atom stereocenters. The van der Waals surface area contributed by atoms with Gasteiger partial charge in [-0.1, -0.05) is 40.2 Å². The van der Waals surface area contributed by atoms with E-state index in [4.69, 9.17) is 0 Å². The molecule has 0 aliphatic carbocycles. The van der Waals surface area contributed by atoms with Crippen molar-refractivity contribution in [1.29, 1.82) is 0 Å². The minimum Gasteiger partial charge on any atom is -0.387 e. The molecule has 2 aromatic carbocycles. The van der Waals surface area contributed by atoms with Crippen LogP contribution in [-0.4, -0.2) is 16.6 Å². The smallest absolute Gasteiger partial charge is 0.293 e. The standard InChI is InChI=1S/C15H15BrN2O3/c1-10-4-2-3-5-12(10)15(19)9-17-13-7-6-11(16)8-14(13)18(20)21/h2-8,15,17,19H,9H2,1H3. The average molecular weight is 351 g/mol. The number of aliphatic hydroxyl groups excluding tert-OH is 1. The number of nitrogens with one attached hydrogen (secondary N) is 1. The molecular weight excluding hydrogens is 336 g/mol. The summed E-state index contributed by atoms with van der Waals surface area (Å²) in [6, 6.07) is 12.3. The summed E-state index contributed by atoms with van der Waals surface area (Å²) in [5, 5.41) is 24.2. The molecule has 0 saturated carbocycles. The van der Waals surface area contributed by atoms with Crippen molar-refractivity contribution in [1.82, 2.24) is 0 Å². The lowest BCUT2D eigenvalue weighted by atomic mass is 10.0. The molecule has 0 aliphatic rings. The Morgan fingerprint density at radius 2 is 2.05 bits per heavy atom. The summed E-state index contributed by atoms with van der Waals surface area (Å²) in [6.07, 6.45) is -0.727. The highest BCUT2D eigenvalue weighted by Gasteiger charge is 2.16. The van der Waals surface area contributed by atoms with Gasteiger partial charge >= 0.3 is 0 Å². The first-order chi connectivity index (χ1) is 9.99. The van der Waals surface area contributed by atoms with Gasteiger partial charge in [0.05, 0.1) is 11.0 Å². The highest BCUT2D eigenvalue weighted by molar-refractivity contribution is 9.10. The van der Waals surface area contributed by atoms with Gasteiger partial charge in [0.25, 0.3) is 5.69 Å². The van der Waals surface area contributed by atoms with Crippen molar-refractivity contribution in [3.8, 4) is 0 Å². The molecule has 21 heavy (non-hydrogen) atoms. The zero-order valence-corrected chi connectivity index (χ0v) is 13.0. The van der Waals surface area contributed by atoms with E-state index in [1.165, 1.54) is 6.07 Å². The van der Waals surface area contributed by atoms with Crippen LogP contribution in [0.5, 0.6) is 0 Å². The fraction of sp³-hybridized carbons (Fsp3) is 0.200. The van der Waals surface area contributed by atoms with Crippen LogP contribution in [0, 0.1) is 17.0 Å². The first kappa shape index (κ1) is 15.5. The Morgan fingerprint density at radius 1 is 1.33 bits per heavy atom. The summed E-state index contributed by atoms with van der Waals surface area (Å²) in [6.45, 7) is 2.12. The summed E-state index contributed by atoms with van der Waals surface area (Å²) in [5.74, 6) is 0. The molecule has 2 N–H and O–H groups in total. The Bertz CT molecular complexity index is 661. The molecule has 0 aromatic heterocycles. The number of hydrogen-bond donors (Lipinski definition) is 2. The van der Waals surface area contributed by atoms with Crippen LogP contribution in [0.1, 0.15) is 17.2 Å².